The lowest BCUT2D eigenvalue weighted by Gasteiger charge is -2.19. The molecule has 142 valence electrons. The molecule has 0 aliphatic heterocycles. The Hall–Kier alpha value is -1.82. The fourth-order valence-corrected chi connectivity index (χ4v) is 3.29. The number of amides is 1. The van der Waals surface area contributed by atoms with Gasteiger partial charge in [0.1, 0.15) is 0 Å². The lowest BCUT2D eigenvalue weighted by Crippen LogP contribution is -2.33. The van der Waals surface area contributed by atoms with Crippen LogP contribution in [0.1, 0.15) is 47.1 Å². The summed E-state index contributed by atoms with van der Waals surface area (Å²) in [7, 11) is 1.94. The van der Waals surface area contributed by atoms with Crippen molar-refractivity contribution in [1.82, 2.24) is 20.1 Å². The second kappa shape index (κ2) is 8.25. The standard InChI is InChI=1S/C20H30N4OS/c1-13(2)12-21-18(25)14(3)26-19-23-22-17(24(19)7)15-8-10-16(11-9-15)20(4,5)6/h8-11,13-14H,12H2,1-7H3,(H,21,25)/t14-/m0/s1. The Morgan fingerprint density at radius 2 is 1.77 bits per heavy atom. The fraction of sp³-hybridized carbons (Fsp3) is 0.550. The number of aromatic nitrogens is 3. The molecule has 6 heteroatoms. The molecule has 1 heterocycles. The molecular weight excluding hydrogens is 344 g/mol. The van der Waals surface area contributed by atoms with Gasteiger partial charge in [-0.3, -0.25) is 4.79 Å². The number of carbonyl (C=O) groups is 1. The van der Waals surface area contributed by atoms with Crippen LogP contribution >= 0.6 is 11.8 Å². The van der Waals surface area contributed by atoms with E-state index in [2.05, 4.69) is 74.4 Å². The van der Waals surface area contributed by atoms with E-state index in [9.17, 15) is 4.79 Å². The van der Waals surface area contributed by atoms with Crippen molar-refractivity contribution < 1.29 is 4.79 Å². The van der Waals surface area contributed by atoms with Crippen LogP contribution < -0.4 is 5.32 Å². The number of rotatable bonds is 6. The molecule has 1 amide bonds. The smallest absolute Gasteiger partial charge is 0.233 e. The number of hydrogen-bond donors (Lipinski definition) is 1. The summed E-state index contributed by atoms with van der Waals surface area (Å²) in [5.41, 5.74) is 2.43. The first kappa shape index (κ1) is 20.5. The Morgan fingerprint density at radius 3 is 2.31 bits per heavy atom. The van der Waals surface area contributed by atoms with Gasteiger partial charge in [0, 0.05) is 19.2 Å². The summed E-state index contributed by atoms with van der Waals surface area (Å²) < 4.78 is 1.95. The number of carbonyl (C=O) groups excluding carboxylic acids is 1. The summed E-state index contributed by atoms with van der Waals surface area (Å²) in [6, 6.07) is 8.44. The lowest BCUT2D eigenvalue weighted by molar-refractivity contribution is -0.120. The van der Waals surface area contributed by atoms with Crippen LogP contribution in [0.15, 0.2) is 29.4 Å². The highest BCUT2D eigenvalue weighted by Gasteiger charge is 2.20. The summed E-state index contributed by atoms with van der Waals surface area (Å²) in [5, 5.41) is 12.1. The van der Waals surface area contributed by atoms with Crippen LogP contribution in [-0.4, -0.2) is 32.5 Å². The number of hydrogen-bond acceptors (Lipinski definition) is 4. The molecule has 0 bridgehead atoms. The first-order valence-electron chi connectivity index (χ1n) is 9.04. The minimum absolute atomic E-state index is 0.0304. The topological polar surface area (TPSA) is 59.8 Å². The van der Waals surface area contributed by atoms with Crippen molar-refractivity contribution in [3.05, 3.63) is 29.8 Å². The van der Waals surface area contributed by atoms with Crippen LogP contribution in [0.3, 0.4) is 0 Å². The summed E-state index contributed by atoms with van der Waals surface area (Å²) in [5.74, 6) is 1.28. The van der Waals surface area contributed by atoms with Gasteiger partial charge in [-0.2, -0.15) is 0 Å². The van der Waals surface area contributed by atoms with E-state index >= 15 is 0 Å². The maximum absolute atomic E-state index is 12.2. The minimum atomic E-state index is -0.215. The zero-order valence-corrected chi connectivity index (χ0v) is 17.6. The third kappa shape index (κ3) is 5.10. The Labute approximate surface area is 161 Å². The molecule has 2 rings (SSSR count). The maximum atomic E-state index is 12.2. The van der Waals surface area contributed by atoms with Crippen LogP contribution in [0.2, 0.25) is 0 Å². The number of benzene rings is 1. The zero-order chi connectivity index (χ0) is 19.5. The van der Waals surface area contributed by atoms with E-state index in [-0.39, 0.29) is 16.6 Å². The van der Waals surface area contributed by atoms with Gasteiger partial charge in [-0.15, -0.1) is 10.2 Å². The third-order valence-corrected chi connectivity index (χ3v) is 5.31. The Balaban J connectivity index is 2.11. The van der Waals surface area contributed by atoms with Crippen LogP contribution in [0.25, 0.3) is 11.4 Å². The summed E-state index contributed by atoms with van der Waals surface area (Å²) in [6.07, 6.45) is 0. The van der Waals surface area contributed by atoms with Crippen molar-refractivity contribution >= 4 is 17.7 Å². The van der Waals surface area contributed by atoms with Gasteiger partial charge in [0.05, 0.1) is 5.25 Å². The molecule has 1 aromatic carbocycles. The molecule has 0 spiro atoms. The van der Waals surface area contributed by atoms with E-state index in [1.165, 1.54) is 17.3 Å². The molecule has 5 nitrogen and oxygen atoms in total. The van der Waals surface area contributed by atoms with Crippen molar-refractivity contribution in [2.75, 3.05) is 6.54 Å². The SMILES string of the molecule is CC(C)CNC(=O)[C@H](C)Sc1nnc(-c2ccc(C(C)(C)C)cc2)n1C. The molecule has 0 aliphatic rings. The van der Waals surface area contributed by atoms with Crippen LogP contribution in [0.4, 0.5) is 0 Å². The molecule has 0 saturated carbocycles. The van der Waals surface area contributed by atoms with Crippen LogP contribution in [-0.2, 0) is 17.3 Å². The van der Waals surface area contributed by atoms with Crippen molar-refractivity contribution in [2.24, 2.45) is 13.0 Å². The van der Waals surface area contributed by atoms with Crippen molar-refractivity contribution in [3.8, 4) is 11.4 Å². The molecule has 0 fully saturated rings. The van der Waals surface area contributed by atoms with E-state index < -0.39 is 0 Å². The molecule has 26 heavy (non-hydrogen) atoms. The fourth-order valence-electron chi connectivity index (χ4n) is 2.45. The number of thioether (sulfide) groups is 1. The van der Waals surface area contributed by atoms with Crippen molar-refractivity contribution in [3.63, 3.8) is 0 Å². The normalized spacial score (nSPS) is 13.1. The Bertz CT molecular complexity index is 744. The van der Waals surface area contributed by atoms with Gasteiger partial charge >= 0.3 is 0 Å². The van der Waals surface area contributed by atoms with Gasteiger partial charge in [-0.05, 0) is 23.8 Å². The van der Waals surface area contributed by atoms with E-state index in [1.54, 1.807) is 0 Å². The molecule has 1 aromatic heterocycles. The zero-order valence-electron chi connectivity index (χ0n) is 16.8. The second-order valence-electron chi connectivity index (χ2n) is 8.09. The average molecular weight is 375 g/mol. The summed E-state index contributed by atoms with van der Waals surface area (Å²) in [4.78, 5) is 12.2. The van der Waals surface area contributed by atoms with E-state index in [0.29, 0.717) is 12.5 Å². The first-order valence-corrected chi connectivity index (χ1v) is 9.92. The van der Waals surface area contributed by atoms with E-state index in [0.717, 1.165) is 16.5 Å². The highest BCUT2D eigenvalue weighted by Crippen LogP contribution is 2.28. The highest BCUT2D eigenvalue weighted by atomic mass is 32.2. The molecular formula is C20H30N4OS. The summed E-state index contributed by atoms with van der Waals surface area (Å²) in [6.45, 7) is 13.3. The highest BCUT2D eigenvalue weighted by molar-refractivity contribution is 8.00. The predicted molar refractivity (Wildman–Crippen MR) is 108 cm³/mol. The van der Waals surface area contributed by atoms with Gasteiger partial charge in [-0.25, -0.2) is 0 Å². The number of nitrogens with zero attached hydrogens (tertiary/aromatic N) is 3. The van der Waals surface area contributed by atoms with Gasteiger partial charge in [0.2, 0.25) is 5.91 Å². The Morgan fingerprint density at radius 1 is 1.15 bits per heavy atom. The first-order chi connectivity index (χ1) is 12.1. The Kier molecular flexibility index (Phi) is 6.50. The second-order valence-corrected chi connectivity index (χ2v) is 9.40. The van der Waals surface area contributed by atoms with Gasteiger partial charge in [0.25, 0.3) is 0 Å². The largest absolute Gasteiger partial charge is 0.355 e. The van der Waals surface area contributed by atoms with Gasteiger partial charge < -0.3 is 9.88 Å². The van der Waals surface area contributed by atoms with Crippen LogP contribution in [0.5, 0.6) is 0 Å². The van der Waals surface area contributed by atoms with Crippen LogP contribution in [0, 0.1) is 5.92 Å². The van der Waals surface area contributed by atoms with Crippen molar-refractivity contribution in [1.29, 1.82) is 0 Å². The minimum Gasteiger partial charge on any atom is -0.355 e. The summed E-state index contributed by atoms with van der Waals surface area (Å²) >= 11 is 1.43. The van der Waals surface area contributed by atoms with E-state index in [1.807, 2.05) is 18.5 Å². The maximum Gasteiger partial charge on any atom is 0.233 e. The third-order valence-electron chi connectivity index (χ3n) is 4.18. The molecule has 0 saturated heterocycles. The monoisotopic (exact) mass is 374 g/mol. The molecule has 1 atom stereocenters. The average Bonchev–Trinajstić information content (AvgIpc) is 2.92. The predicted octanol–water partition coefficient (Wildman–Crippen LogP) is 4.03. The quantitative estimate of drug-likeness (QED) is 0.776. The molecule has 0 unspecified atom stereocenters. The number of nitrogens with one attached hydrogen (secondary N) is 1. The van der Waals surface area contributed by atoms with Crippen molar-refractivity contribution in [2.45, 2.75) is 57.4 Å². The molecule has 0 radical (unpaired) electrons. The molecule has 0 aliphatic carbocycles. The lowest BCUT2D eigenvalue weighted by atomic mass is 9.87. The molecule has 2 aromatic rings. The van der Waals surface area contributed by atoms with E-state index in [4.69, 9.17) is 0 Å². The molecule has 1 N–H and O–H groups in total. The van der Waals surface area contributed by atoms with Gasteiger partial charge in [-0.1, -0.05) is 70.6 Å². The van der Waals surface area contributed by atoms with Gasteiger partial charge in [0.15, 0.2) is 11.0 Å².